The summed E-state index contributed by atoms with van der Waals surface area (Å²) in [6, 6.07) is 0. The van der Waals surface area contributed by atoms with Crippen LogP contribution in [0.3, 0.4) is 0 Å². The van der Waals surface area contributed by atoms with E-state index in [-0.39, 0.29) is 10.7 Å². The van der Waals surface area contributed by atoms with Gasteiger partial charge in [-0.1, -0.05) is 18.5 Å². The summed E-state index contributed by atoms with van der Waals surface area (Å²) in [7, 11) is 0. The van der Waals surface area contributed by atoms with Crippen LogP contribution in [0.2, 0.25) is 5.15 Å². The lowest BCUT2D eigenvalue weighted by Gasteiger charge is -2.04. The van der Waals surface area contributed by atoms with E-state index < -0.39 is 5.69 Å². The van der Waals surface area contributed by atoms with Crippen molar-refractivity contribution in [3.05, 3.63) is 42.1 Å². The second-order valence-electron chi connectivity index (χ2n) is 4.44. The first-order chi connectivity index (χ1) is 9.11. The van der Waals surface area contributed by atoms with Crippen LogP contribution in [-0.2, 0) is 19.3 Å². The minimum atomic E-state index is -0.528. The molecule has 3 rings (SSSR count). The standard InChI is InChI=1S/C12H12ClN3O2S/c1-2-6-9(13)15-11(18)16(10(6)17)12-14-7-4-3-5-8(7)19-12/h2-5H2,1H3,(H,15,18). The van der Waals surface area contributed by atoms with Crippen molar-refractivity contribution in [3.8, 4) is 5.13 Å². The lowest BCUT2D eigenvalue weighted by molar-refractivity contribution is 0.824. The highest BCUT2D eigenvalue weighted by atomic mass is 35.5. The van der Waals surface area contributed by atoms with Crippen molar-refractivity contribution in [2.45, 2.75) is 32.6 Å². The Labute approximate surface area is 117 Å². The average molecular weight is 298 g/mol. The number of H-pyrrole nitrogens is 1. The monoisotopic (exact) mass is 297 g/mol. The molecule has 1 aliphatic rings. The first-order valence-corrected chi connectivity index (χ1v) is 7.34. The zero-order valence-electron chi connectivity index (χ0n) is 10.3. The minimum absolute atomic E-state index is 0.123. The van der Waals surface area contributed by atoms with E-state index in [9.17, 15) is 9.59 Å². The van der Waals surface area contributed by atoms with Gasteiger partial charge >= 0.3 is 5.69 Å². The molecule has 0 amide bonds. The van der Waals surface area contributed by atoms with Gasteiger partial charge in [-0.3, -0.25) is 9.78 Å². The van der Waals surface area contributed by atoms with E-state index in [0.29, 0.717) is 17.1 Å². The molecule has 0 aliphatic heterocycles. The van der Waals surface area contributed by atoms with Gasteiger partial charge < -0.3 is 0 Å². The SMILES string of the molecule is CCc1c(Cl)[nH]c(=O)n(-c2nc3c(s2)CCC3)c1=O. The Balaban J connectivity index is 2.25. The molecular weight excluding hydrogens is 286 g/mol. The first kappa shape index (κ1) is 12.6. The van der Waals surface area contributed by atoms with Gasteiger partial charge in [-0.25, -0.2) is 14.3 Å². The molecule has 5 nitrogen and oxygen atoms in total. The molecule has 0 radical (unpaired) electrons. The highest BCUT2D eigenvalue weighted by Gasteiger charge is 2.20. The van der Waals surface area contributed by atoms with E-state index in [0.717, 1.165) is 29.5 Å². The molecule has 0 saturated carbocycles. The van der Waals surface area contributed by atoms with Gasteiger partial charge in [0.2, 0.25) is 5.13 Å². The highest BCUT2D eigenvalue weighted by molar-refractivity contribution is 7.14. The number of nitrogens with zero attached hydrogens (tertiary/aromatic N) is 2. The number of aromatic amines is 1. The summed E-state index contributed by atoms with van der Waals surface area (Å²) in [4.78, 5) is 32.3. The van der Waals surface area contributed by atoms with Crippen molar-refractivity contribution in [2.24, 2.45) is 0 Å². The predicted molar refractivity (Wildman–Crippen MR) is 74.7 cm³/mol. The Morgan fingerprint density at radius 2 is 2.21 bits per heavy atom. The second-order valence-corrected chi connectivity index (χ2v) is 5.88. The summed E-state index contributed by atoms with van der Waals surface area (Å²) in [6.07, 6.45) is 3.47. The summed E-state index contributed by atoms with van der Waals surface area (Å²) in [5, 5.41) is 0.570. The van der Waals surface area contributed by atoms with Crippen LogP contribution in [0.15, 0.2) is 9.59 Å². The number of fused-ring (bicyclic) bond motifs is 1. The number of nitrogens with one attached hydrogen (secondary N) is 1. The maximum absolute atomic E-state index is 12.3. The Bertz CT molecular complexity index is 738. The summed E-state index contributed by atoms with van der Waals surface area (Å²) in [6.45, 7) is 1.83. The number of aryl methyl sites for hydroxylation is 2. The highest BCUT2D eigenvalue weighted by Crippen LogP contribution is 2.28. The number of rotatable bonds is 2. The number of halogens is 1. The van der Waals surface area contributed by atoms with Gasteiger partial charge in [0.15, 0.2) is 0 Å². The topological polar surface area (TPSA) is 67.8 Å². The fraction of sp³-hybridized carbons (Fsp3) is 0.417. The van der Waals surface area contributed by atoms with E-state index in [1.807, 2.05) is 6.92 Å². The Kier molecular flexibility index (Phi) is 3.06. The molecule has 2 aromatic rings. The van der Waals surface area contributed by atoms with E-state index in [1.54, 1.807) is 0 Å². The van der Waals surface area contributed by atoms with E-state index in [4.69, 9.17) is 11.6 Å². The number of hydrogen-bond donors (Lipinski definition) is 1. The van der Waals surface area contributed by atoms with Crippen molar-refractivity contribution < 1.29 is 0 Å². The molecule has 2 aromatic heterocycles. The molecule has 0 unspecified atom stereocenters. The zero-order valence-corrected chi connectivity index (χ0v) is 11.9. The third-order valence-electron chi connectivity index (χ3n) is 3.28. The fourth-order valence-electron chi connectivity index (χ4n) is 2.30. The summed E-state index contributed by atoms with van der Waals surface area (Å²) in [5.41, 5.74) is 0.527. The molecule has 7 heteroatoms. The predicted octanol–water partition coefficient (Wildman–Crippen LogP) is 1.69. The van der Waals surface area contributed by atoms with Gasteiger partial charge in [0, 0.05) is 4.88 Å². The van der Waals surface area contributed by atoms with Crippen LogP contribution in [0.4, 0.5) is 0 Å². The van der Waals surface area contributed by atoms with Crippen LogP contribution < -0.4 is 11.2 Å². The molecule has 1 N–H and O–H groups in total. The Morgan fingerprint density at radius 3 is 2.89 bits per heavy atom. The molecule has 0 fully saturated rings. The van der Waals surface area contributed by atoms with Crippen molar-refractivity contribution in [3.63, 3.8) is 0 Å². The molecule has 0 aromatic carbocycles. The average Bonchev–Trinajstić information content (AvgIpc) is 2.89. The molecule has 1 aliphatic carbocycles. The largest absolute Gasteiger partial charge is 0.336 e. The van der Waals surface area contributed by atoms with Crippen LogP contribution in [0.5, 0.6) is 0 Å². The molecule has 100 valence electrons. The van der Waals surface area contributed by atoms with E-state index in [2.05, 4.69) is 9.97 Å². The van der Waals surface area contributed by atoms with Crippen molar-refractivity contribution in [1.29, 1.82) is 0 Å². The lowest BCUT2D eigenvalue weighted by atomic mass is 10.2. The van der Waals surface area contributed by atoms with E-state index >= 15 is 0 Å². The Hall–Kier alpha value is -1.40. The molecule has 0 spiro atoms. The van der Waals surface area contributed by atoms with Crippen molar-refractivity contribution >= 4 is 22.9 Å². The third kappa shape index (κ3) is 1.95. The van der Waals surface area contributed by atoms with Crippen LogP contribution in [0.25, 0.3) is 5.13 Å². The maximum Gasteiger partial charge on any atom is 0.336 e. The van der Waals surface area contributed by atoms with Crippen molar-refractivity contribution in [2.75, 3.05) is 0 Å². The number of thiazole rings is 1. The van der Waals surface area contributed by atoms with Crippen LogP contribution >= 0.6 is 22.9 Å². The zero-order chi connectivity index (χ0) is 13.6. The summed E-state index contributed by atoms with van der Waals surface area (Å²) < 4.78 is 1.09. The minimum Gasteiger partial charge on any atom is -0.297 e. The van der Waals surface area contributed by atoms with Gasteiger partial charge in [-0.2, -0.15) is 0 Å². The maximum atomic E-state index is 12.3. The normalized spacial score (nSPS) is 13.8. The van der Waals surface area contributed by atoms with E-state index in [1.165, 1.54) is 16.2 Å². The molecule has 0 atom stereocenters. The third-order valence-corrected chi connectivity index (χ3v) is 4.74. The fourth-order valence-corrected chi connectivity index (χ4v) is 3.74. The summed E-state index contributed by atoms with van der Waals surface area (Å²) in [5.74, 6) is 0. The summed E-state index contributed by atoms with van der Waals surface area (Å²) >= 11 is 7.30. The molecule has 0 bridgehead atoms. The molecule has 0 saturated heterocycles. The molecule has 19 heavy (non-hydrogen) atoms. The van der Waals surface area contributed by atoms with Crippen LogP contribution in [0, 0.1) is 0 Å². The van der Waals surface area contributed by atoms with Gasteiger partial charge in [0.05, 0.1) is 11.3 Å². The van der Waals surface area contributed by atoms with Crippen molar-refractivity contribution in [1.82, 2.24) is 14.5 Å². The quantitative estimate of drug-likeness (QED) is 0.858. The lowest BCUT2D eigenvalue weighted by Crippen LogP contribution is -2.36. The number of hydrogen-bond acceptors (Lipinski definition) is 4. The smallest absolute Gasteiger partial charge is 0.297 e. The molecule has 2 heterocycles. The van der Waals surface area contributed by atoms with Gasteiger partial charge in [0.1, 0.15) is 5.15 Å². The first-order valence-electron chi connectivity index (χ1n) is 6.14. The van der Waals surface area contributed by atoms with Gasteiger partial charge in [-0.15, -0.1) is 11.3 Å². The second kappa shape index (κ2) is 4.61. The van der Waals surface area contributed by atoms with Gasteiger partial charge in [-0.05, 0) is 25.7 Å². The molecular formula is C12H12ClN3O2S. The number of aromatic nitrogens is 3. The Morgan fingerprint density at radius 1 is 1.42 bits per heavy atom. The van der Waals surface area contributed by atoms with Crippen LogP contribution in [-0.4, -0.2) is 14.5 Å². The van der Waals surface area contributed by atoms with Gasteiger partial charge in [0.25, 0.3) is 5.56 Å². The van der Waals surface area contributed by atoms with Crippen LogP contribution in [0.1, 0.15) is 29.5 Å².